The second-order valence-electron chi connectivity index (χ2n) is 3.76. The van der Waals surface area contributed by atoms with Crippen molar-refractivity contribution in [2.24, 2.45) is 0 Å². The second kappa shape index (κ2) is 4.86. The second-order valence-corrected chi connectivity index (χ2v) is 3.76. The predicted octanol–water partition coefficient (Wildman–Crippen LogP) is 1.22. The molecular weight excluding hydrogens is 220 g/mol. The molecule has 2 N–H and O–H groups in total. The van der Waals surface area contributed by atoms with Crippen molar-refractivity contribution < 1.29 is 14.3 Å². The first-order chi connectivity index (χ1) is 8.20. The van der Waals surface area contributed by atoms with Crippen LogP contribution in [0.2, 0.25) is 0 Å². The molecule has 0 spiro atoms. The van der Waals surface area contributed by atoms with E-state index in [0.717, 1.165) is 5.56 Å². The van der Waals surface area contributed by atoms with Gasteiger partial charge in [0.25, 0.3) is 5.91 Å². The van der Waals surface area contributed by atoms with Crippen LogP contribution in [-0.2, 0) is 4.74 Å². The molecule has 1 atom stereocenters. The molecule has 1 fully saturated rings. The third kappa shape index (κ3) is 2.55. The number of amides is 2. The fraction of sp³-hybridized carbons (Fsp3) is 0.333. The molecule has 17 heavy (non-hydrogen) atoms. The van der Waals surface area contributed by atoms with Gasteiger partial charge in [-0.15, -0.1) is 0 Å². The topological polar surface area (TPSA) is 67.4 Å². The number of rotatable bonds is 3. The zero-order chi connectivity index (χ0) is 12.3. The highest BCUT2D eigenvalue weighted by molar-refractivity contribution is 5.94. The highest BCUT2D eigenvalue weighted by Crippen LogP contribution is 2.21. The van der Waals surface area contributed by atoms with E-state index in [1.807, 2.05) is 13.0 Å². The third-order valence-corrected chi connectivity index (χ3v) is 2.54. The maximum absolute atomic E-state index is 11.6. The zero-order valence-corrected chi connectivity index (χ0v) is 9.53. The highest BCUT2D eigenvalue weighted by Gasteiger charge is 2.24. The number of ether oxygens (including phenoxy) is 1. The monoisotopic (exact) mass is 234 g/mol. The minimum atomic E-state index is -0.418. The summed E-state index contributed by atoms with van der Waals surface area (Å²) in [4.78, 5) is 22.6. The van der Waals surface area contributed by atoms with Gasteiger partial charge in [-0.1, -0.05) is 12.1 Å². The van der Waals surface area contributed by atoms with Gasteiger partial charge in [0.15, 0.2) is 0 Å². The van der Waals surface area contributed by atoms with E-state index >= 15 is 0 Å². The molecule has 2 rings (SSSR count). The molecule has 0 radical (unpaired) electrons. The summed E-state index contributed by atoms with van der Waals surface area (Å²) in [7, 11) is 0. The van der Waals surface area contributed by atoms with E-state index in [1.165, 1.54) is 0 Å². The Kier molecular flexibility index (Phi) is 3.27. The van der Waals surface area contributed by atoms with Crippen LogP contribution in [0.1, 0.15) is 28.9 Å². The van der Waals surface area contributed by atoms with Gasteiger partial charge in [-0.25, -0.2) is 4.79 Å². The quantitative estimate of drug-likeness (QED) is 0.826. The summed E-state index contributed by atoms with van der Waals surface area (Å²) < 4.78 is 5.06. The summed E-state index contributed by atoms with van der Waals surface area (Å²) in [5.41, 5.74) is 1.40. The van der Waals surface area contributed by atoms with Crippen molar-refractivity contribution in [1.29, 1.82) is 0 Å². The van der Waals surface area contributed by atoms with E-state index in [4.69, 9.17) is 4.74 Å². The minimum Gasteiger partial charge on any atom is -0.439 e. The van der Waals surface area contributed by atoms with Crippen LogP contribution in [0.4, 0.5) is 4.79 Å². The fourth-order valence-corrected chi connectivity index (χ4v) is 1.72. The molecule has 1 unspecified atom stereocenters. The molecule has 0 aliphatic carbocycles. The van der Waals surface area contributed by atoms with E-state index in [0.29, 0.717) is 18.7 Å². The van der Waals surface area contributed by atoms with Crippen LogP contribution in [0.3, 0.4) is 0 Å². The molecule has 5 nitrogen and oxygen atoms in total. The van der Waals surface area contributed by atoms with Crippen molar-refractivity contribution in [3.63, 3.8) is 0 Å². The van der Waals surface area contributed by atoms with Crippen molar-refractivity contribution >= 4 is 12.0 Å². The standard InChI is InChI=1S/C12H14N2O3/c1-2-13-11(15)9-5-3-4-8(6-9)10-7-14-12(16)17-10/h3-6,10H,2,7H2,1H3,(H,13,15)(H,14,16). The van der Waals surface area contributed by atoms with E-state index in [2.05, 4.69) is 10.6 Å². The molecule has 1 heterocycles. The van der Waals surface area contributed by atoms with Gasteiger partial charge < -0.3 is 15.4 Å². The molecular formula is C12H14N2O3. The third-order valence-electron chi connectivity index (χ3n) is 2.54. The fourth-order valence-electron chi connectivity index (χ4n) is 1.72. The Morgan fingerprint density at radius 2 is 2.41 bits per heavy atom. The first-order valence-corrected chi connectivity index (χ1v) is 5.53. The van der Waals surface area contributed by atoms with Gasteiger partial charge in [0.05, 0.1) is 6.54 Å². The van der Waals surface area contributed by atoms with Gasteiger partial charge in [-0.3, -0.25) is 4.79 Å². The Labute approximate surface area is 99.2 Å². The van der Waals surface area contributed by atoms with Crippen molar-refractivity contribution in [3.05, 3.63) is 35.4 Å². The Hall–Kier alpha value is -2.04. The van der Waals surface area contributed by atoms with Crippen LogP contribution in [0.5, 0.6) is 0 Å². The highest BCUT2D eigenvalue weighted by atomic mass is 16.6. The van der Waals surface area contributed by atoms with Crippen LogP contribution in [-0.4, -0.2) is 25.1 Å². The van der Waals surface area contributed by atoms with Gasteiger partial charge in [-0.2, -0.15) is 0 Å². The lowest BCUT2D eigenvalue weighted by molar-refractivity contribution is 0.0955. The van der Waals surface area contributed by atoms with Crippen LogP contribution in [0.15, 0.2) is 24.3 Å². The van der Waals surface area contributed by atoms with Crippen molar-refractivity contribution in [2.75, 3.05) is 13.1 Å². The Morgan fingerprint density at radius 3 is 3.06 bits per heavy atom. The lowest BCUT2D eigenvalue weighted by Crippen LogP contribution is -2.22. The summed E-state index contributed by atoms with van der Waals surface area (Å²) in [5, 5.41) is 5.31. The molecule has 1 aliphatic heterocycles. The van der Waals surface area contributed by atoms with Gasteiger partial charge in [0.1, 0.15) is 6.10 Å². The Morgan fingerprint density at radius 1 is 1.59 bits per heavy atom. The maximum Gasteiger partial charge on any atom is 0.407 e. The molecule has 0 saturated carbocycles. The summed E-state index contributed by atoms with van der Waals surface area (Å²) >= 11 is 0. The van der Waals surface area contributed by atoms with Gasteiger partial charge in [0.2, 0.25) is 0 Å². The Balaban J connectivity index is 2.16. The number of hydrogen-bond donors (Lipinski definition) is 2. The molecule has 5 heteroatoms. The normalized spacial score (nSPS) is 18.4. The van der Waals surface area contributed by atoms with Crippen LogP contribution >= 0.6 is 0 Å². The zero-order valence-electron chi connectivity index (χ0n) is 9.53. The average Bonchev–Trinajstić information content (AvgIpc) is 2.76. The van der Waals surface area contributed by atoms with E-state index in [1.54, 1.807) is 18.2 Å². The van der Waals surface area contributed by atoms with Gasteiger partial charge in [-0.05, 0) is 24.6 Å². The molecule has 90 valence electrons. The molecule has 2 amide bonds. The van der Waals surface area contributed by atoms with Crippen molar-refractivity contribution in [1.82, 2.24) is 10.6 Å². The minimum absolute atomic E-state index is 0.119. The average molecular weight is 234 g/mol. The molecule has 1 aliphatic rings. The largest absolute Gasteiger partial charge is 0.439 e. The number of carbonyl (C=O) groups is 2. The number of benzene rings is 1. The smallest absolute Gasteiger partial charge is 0.407 e. The van der Waals surface area contributed by atoms with E-state index < -0.39 is 6.09 Å². The van der Waals surface area contributed by atoms with Gasteiger partial charge in [0, 0.05) is 12.1 Å². The van der Waals surface area contributed by atoms with Crippen molar-refractivity contribution in [3.8, 4) is 0 Å². The summed E-state index contributed by atoms with van der Waals surface area (Å²) in [6, 6.07) is 7.11. The lowest BCUT2D eigenvalue weighted by atomic mass is 10.1. The first-order valence-electron chi connectivity index (χ1n) is 5.53. The van der Waals surface area contributed by atoms with E-state index in [-0.39, 0.29) is 12.0 Å². The van der Waals surface area contributed by atoms with Crippen LogP contribution in [0.25, 0.3) is 0 Å². The summed E-state index contributed by atoms with van der Waals surface area (Å²) in [5.74, 6) is -0.119. The van der Waals surface area contributed by atoms with Crippen LogP contribution in [0, 0.1) is 0 Å². The summed E-state index contributed by atoms with van der Waals surface area (Å²) in [6.45, 7) is 2.89. The molecule has 1 aromatic rings. The molecule has 1 saturated heterocycles. The molecule has 0 bridgehead atoms. The number of alkyl carbamates (subject to hydrolysis) is 1. The Bertz CT molecular complexity index is 445. The number of nitrogens with one attached hydrogen (secondary N) is 2. The molecule has 0 aromatic heterocycles. The van der Waals surface area contributed by atoms with E-state index in [9.17, 15) is 9.59 Å². The number of cyclic esters (lactones) is 1. The lowest BCUT2D eigenvalue weighted by Gasteiger charge is -2.09. The number of carbonyl (C=O) groups excluding carboxylic acids is 2. The van der Waals surface area contributed by atoms with Gasteiger partial charge >= 0.3 is 6.09 Å². The van der Waals surface area contributed by atoms with Crippen molar-refractivity contribution in [2.45, 2.75) is 13.0 Å². The summed E-state index contributed by atoms with van der Waals surface area (Å²) in [6.07, 6.45) is -0.727. The first kappa shape index (κ1) is 11.4. The maximum atomic E-state index is 11.6. The predicted molar refractivity (Wildman–Crippen MR) is 61.7 cm³/mol. The SMILES string of the molecule is CCNC(=O)c1cccc(C2CNC(=O)O2)c1. The number of hydrogen-bond acceptors (Lipinski definition) is 3. The molecule has 1 aromatic carbocycles. The van der Waals surface area contributed by atoms with Crippen LogP contribution < -0.4 is 10.6 Å².